The Hall–Kier alpha value is -1.26. The van der Waals surface area contributed by atoms with Gasteiger partial charge in [-0.25, -0.2) is 8.78 Å². The largest absolute Gasteiger partial charge is 0.378 e. The van der Waals surface area contributed by atoms with Crippen molar-refractivity contribution >= 4 is 0 Å². The van der Waals surface area contributed by atoms with Crippen LogP contribution in [0.1, 0.15) is 89.2 Å². The highest BCUT2D eigenvalue weighted by atomic mass is 19.2. The minimum absolute atomic E-state index is 0.652. The summed E-state index contributed by atoms with van der Waals surface area (Å²) in [5, 5.41) is 0. The molecule has 188 valence electrons. The summed E-state index contributed by atoms with van der Waals surface area (Å²) in [7, 11) is 0. The molecule has 0 aromatic heterocycles. The second kappa shape index (κ2) is 16.4. The Morgan fingerprint density at radius 1 is 0.939 bits per heavy atom. The number of hydrogen-bond donors (Lipinski definition) is 0. The van der Waals surface area contributed by atoms with E-state index in [4.69, 9.17) is 9.47 Å². The average Bonchev–Trinajstić information content (AvgIpc) is 2.84. The minimum Gasteiger partial charge on any atom is -0.378 e. The van der Waals surface area contributed by atoms with Crippen LogP contribution in [0.3, 0.4) is 0 Å². The van der Waals surface area contributed by atoms with Gasteiger partial charge in [0.1, 0.15) is 12.8 Å². The van der Waals surface area contributed by atoms with E-state index in [0.29, 0.717) is 19.8 Å². The number of rotatable bonds is 11. The van der Waals surface area contributed by atoms with Crippen LogP contribution in [0.15, 0.2) is 36.4 Å². The maximum absolute atomic E-state index is 11.1. The van der Waals surface area contributed by atoms with E-state index in [-0.39, 0.29) is 0 Å². The van der Waals surface area contributed by atoms with Gasteiger partial charge in [0.2, 0.25) is 0 Å². The van der Waals surface area contributed by atoms with Crippen molar-refractivity contribution in [2.24, 2.45) is 17.8 Å². The van der Waals surface area contributed by atoms with Crippen LogP contribution in [0, 0.1) is 17.8 Å². The second-order valence-corrected chi connectivity index (χ2v) is 9.82. The number of alkyl halides is 2. The zero-order valence-electron chi connectivity index (χ0n) is 21.1. The molecule has 1 aromatic carbocycles. The summed E-state index contributed by atoms with van der Waals surface area (Å²) in [4.78, 5) is 0. The molecule has 3 rings (SSSR count). The Morgan fingerprint density at radius 3 is 2.21 bits per heavy atom. The van der Waals surface area contributed by atoms with Crippen molar-refractivity contribution in [1.82, 2.24) is 0 Å². The molecule has 0 bridgehead atoms. The fourth-order valence-electron chi connectivity index (χ4n) is 5.41. The van der Waals surface area contributed by atoms with Crippen LogP contribution in [0.25, 0.3) is 0 Å². The van der Waals surface area contributed by atoms with Crippen LogP contribution in [0.5, 0.6) is 0 Å². The molecule has 0 heterocycles. The van der Waals surface area contributed by atoms with Crippen LogP contribution < -0.4 is 0 Å². The van der Waals surface area contributed by atoms with Gasteiger partial charge in [0.25, 0.3) is 0 Å². The molecule has 2 fully saturated rings. The summed E-state index contributed by atoms with van der Waals surface area (Å²) < 4.78 is 32.8. The van der Waals surface area contributed by atoms with Crippen LogP contribution >= 0.6 is 0 Å². The first-order valence-corrected chi connectivity index (χ1v) is 13.2. The molecule has 1 aromatic rings. The normalized spacial score (nSPS) is 25.8. The van der Waals surface area contributed by atoms with E-state index < -0.39 is 12.8 Å². The highest BCUT2D eigenvalue weighted by Crippen LogP contribution is 2.48. The number of halogens is 2. The minimum atomic E-state index is -1.28. The average molecular weight is 465 g/mol. The van der Waals surface area contributed by atoms with E-state index in [1.807, 2.05) is 19.1 Å². The Bertz CT molecular complexity index is 644. The van der Waals surface area contributed by atoms with Gasteiger partial charge in [-0.15, -0.1) is 0 Å². The first-order chi connectivity index (χ1) is 16.1. The fourth-order valence-corrected chi connectivity index (χ4v) is 5.41. The summed E-state index contributed by atoms with van der Waals surface area (Å²) in [6.07, 6.45) is 14.3. The van der Waals surface area contributed by atoms with Gasteiger partial charge in [0, 0.05) is 6.61 Å². The molecular formula is C29H46F2O2. The summed E-state index contributed by atoms with van der Waals surface area (Å²) in [6.45, 7) is 7.46. The van der Waals surface area contributed by atoms with E-state index in [9.17, 15) is 8.78 Å². The third-order valence-corrected chi connectivity index (χ3v) is 7.15. The molecule has 2 nitrogen and oxygen atoms in total. The SMILES string of the molecule is CC(F)CF.CCCC1CCC2CC(c3ccc(COC/C=C\COCC)cc3)CCC2C1. The van der Waals surface area contributed by atoms with Crippen molar-refractivity contribution in [3.63, 3.8) is 0 Å². The Morgan fingerprint density at radius 2 is 1.58 bits per heavy atom. The van der Waals surface area contributed by atoms with Crippen molar-refractivity contribution in [2.45, 2.75) is 90.8 Å². The molecule has 5 unspecified atom stereocenters. The number of benzene rings is 1. The van der Waals surface area contributed by atoms with E-state index in [2.05, 4.69) is 31.2 Å². The quantitative estimate of drug-likeness (QED) is 0.243. The summed E-state index contributed by atoms with van der Waals surface area (Å²) in [6, 6.07) is 9.25. The molecular weight excluding hydrogens is 418 g/mol. The van der Waals surface area contributed by atoms with E-state index >= 15 is 0 Å². The Kier molecular flexibility index (Phi) is 13.9. The molecule has 33 heavy (non-hydrogen) atoms. The van der Waals surface area contributed by atoms with Gasteiger partial charge in [-0.05, 0) is 80.8 Å². The van der Waals surface area contributed by atoms with E-state index in [1.54, 1.807) is 5.56 Å². The number of hydrogen-bond acceptors (Lipinski definition) is 2. The van der Waals surface area contributed by atoms with Crippen molar-refractivity contribution in [2.75, 3.05) is 26.5 Å². The van der Waals surface area contributed by atoms with Crippen LogP contribution in [-0.2, 0) is 16.1 Å². The summed E-state index contributed by atoms with van der Waals surface area (Å²) >= 11 is 0. The van der Waals surface area contributed by atoms with Gasteiger partial charge in [-0.3, -0.25) is 0 Å². The number of ether oxygens (including phenoxy) is 2. The van der Waals surface area contributed by atoms with Gasteiger partial charge in [0.05, 0.1) is 19.8 Å². The standard InChI is InChI=1S/C26H40O2.C3H6F2/c1-3-7-21-8-13-26-19-25(15-14-24(26)18-21)23-11-9-22(10-12-23)20-28-17-6-5-16-27-4-2;1-3(5)2-4/h5-6,9-12,21,24-26H,3-4,7-8,13-20H2,1-2H3;3H,2H2,1H3/b6-5-;. The molecule has 0 amide bonds. The van der Waals surface area contributed by atoms with Crippen LogP contribution in [-0.4, -0.2) is 32.7 Å². The molecule has 2 saturated carbocycles. The smallest absolute Gasteiger partial charge is 0.126 e. The van der Waals surface area contributed by atoms with E-state index in [0.717, 1.165) is 30.3 Å². The fraction of sp³-hybridized carbons (Fsp3) is 0.724. The van der Waals surface area contributed by atoms with Crippen molar-refractivity contribution < 1.29 is 18.3 Å². The zero-order chi connectivity index (χ0) is 23.9. The molecule has 0 N–H and O–H groups in total. The third kappa shape index (κ3) is 10.7. The maximum Gasteiger partial charge on any atom is 0.126 e. The predicted octanol–water partition coefficient (Wildman–Crippen LogP) is 8.21. The Balaban J connectivity index is 0.000000696. The first-order valence-electron chi connectivity index (χ1n) is 13.2. The van der Waals surface area contributed by atoms with Gasteiger partial charge >= 0.3 is 0 Å². The molecule has 2 aliphatic rings. The van der Waals surface area contributed by atoms with Crippen molar-refractivity contribution in [3.8, 4) is 0 Å². The van der Waals surface area contributed by atoms with Gasteiger partial charge in [-0.1, -0.05) is 62.6 Å². The lowest BCUT2D eigenvalue weighted by Crippen LogP contribution is -2.30. The zero-order valence-corrected chi connectivity index (χ0v) is 21.1. The Labute approximate surface area is 201 Å². The van der Waals surface area contributed by atoms with Gasteiger partial charge in [-0.2, -0.15) is 0 Å². The maximum atomic E-state index is 11.1. The predicted molar refractivity (Wildman–Crippen MR) is 134 cm³/mol. The monoisotopic (exact) mass is 464 g/mol. The lowest BCUT2D eigenvalue weighted by atomic mass is 9.63. The van der Waals surface area contributed by atoms with Gasteiger partial charge in [0.15, 0.2) is 0 Å². The van der Waals surface area contributed by atoms with Crippen LogP contribution in [0.2, 0.25) is 0 Å². The highest BCUT2D eigenvalue weighted by Gasteiger charge is 2.35. The first kappa shape index (κ1) is 28.0. The van der Waals surface area contributed by atoms with Gasteiger partial charge < -0.3 is 9.47 Å². The lowest BCUT2D eigenvalue weighted by Gasteiger charge is -2.42. The summed E-state index contributed by atoms with van der Waals surface area (Å²) in [5.41, 5.74) is 2.82. The molecule has 0 spiro atoms. The molecule has 5 atom stereocenters. The summed E-state index contributed by atoms with van der Waals surface area (Å²) in [5.74, 6) is 3.81. The highest BCUT2D eigenvalue weighted by molar-refractivity contribution is 5.25. The van der Waals surface area contributed by atoms with E-state index in [1.165, 1.54) is 63.9 Å². The second-order valence-electron chi connectivity index (χ2n) is 9.82. The van der Waals surface area contributed by atoms with Crippen molar-refractivity contribution in [1.29, 1.82) is 0 Å². The topological polar surface area (TPSA) is 18.5 Å². The molecule has 2 aliphatic carbocycles. The number of fused-ring (bicyclic) bond motifs is 1. The third-order valence-electron chi connectivity index (χ3n) is 7.15. The van der Waals surface area contributed by atoms with Crippen molar-refractivity contribution in [3.05, 3.63) is 47.5 Å². The molecule has 0 radical (unpaired) electrons. The molecule has 4 heteroatoms. The molecule has 0 saturated heterocycles. The van der Waals surface area contributed by atoms with Crippen LogP contribution in [0.4, 0.5) is 8.78 Å². The lowest BCUT2D eigenvalue weighted by molar-refractivity contribution is 0.114. The molecule has 0 aliphatic heterocycles.